The summed E-state index contributed by atoms with van der Waals surface area (Å²) in [5.41, 5.74) is 2.81. The van der Waals surface area contributed by atoms with Crippen LogP contribution in [0.4, 0.5) is 0 Å². The second-order valence-corrected chi connectivity index (χ2v) is 10.5. The lowest BCUT2D eigenvalue weighted by Crippen LogP contribution is -2.35. The van der Waals surface area contributed by atoms with Crippen LogP contribution in [0.25, 0.3) is 0 Å². The molecule has 1 heterocycles. The Morgan fingerprint density at radius 3 is 1.91 bits per heavy atom. The van der Waals surface area contributed by atoms with Gasteiger partial charge in [-0.05, 0) is 30.9 Å². The summed E-state index contributed by atoms with van der Waals surface area (Å²) >= 11 is 0. The molecule has 190 valence electrons. The summed E-state index contributed by atoms with van der Waals surface area (Å²) in [6.45, 7) is 7.98. The largest absolute Gasteiger partial charge is 0.335 e. The molecule has 3 aromatic rings. The highest BCUT2D eigenvalue weighted by Crippen LogP contribution is 2.44. The van der Waals surface area contributed by atoms with Gasteiger partial charge in [-0.3, -0.25) is 0 Å². The summed E-state index contributed by atoms with van der Waals surface area (Å²) in [7, 11) is 0. The Bertz CT molecular complexity index is 930. The second-order valence-electron chi connectivity index (χ2n) is 10.5. The van der Waals surface area contributed by atoms with Gasteiger partial charge in [-0.1, -0.05) is 139 Å². The smallest absolute Gasteiger partial charge is 0.112 e. The van der Waals surface area contributed by atoms with Crippen molar-refractivity contribution in [2.24, 2.45) is 0 Å². The van der Waals surface area contributed by atoms with Gasteiger partial charge < -0.3 is 4.57 Å². The third-order valence-corrected chi connectivity index (χ3v) is 7.86. The van der Waals surface area contributed by atoms with Gasteiger partial charge in [0.2, 0.25) is 0 Å². The highest BCUT2D eigenvalue weighted by Gasteiger charge is 2.39. The van der Waals surface area contributed by atoms with E-state index in [9.17, 15) is 0 Å². The van der Waals surface area contributed by atoms with E-state index in [0.29, 0.717) is 5.92 Å². The number of aromatic nitrogens is 2. The molecule has 2 nitrogen and oxygen atoms in total. The maximum Gasteiger partial charge on any atom is 0.112 e. The molecule has 35 heavy (non-hydrogen) atoms. The molecule has 0 amide bonds. The van der Waals surface area contributed by atoms with Gasteiger partial charge in [0.1, 0.15) is 5.82 Å². The van der Waals surface area contributed by atoms with Crippen LogP contribution in [0.3, 0.4) is 0 Å². The summed E-state index contributed by atoms with van der Waals surface area (Å²) in [6.07, 6.45) is 20.1. The fourth-order valence-electron chi connectivity index (χ4n) is 5.73. The number of aryl methyl sites for hydroxylation is 1. The van der Waals surface area contributed by atoms with Crippen molar-refractivity contribution in [3.8, 4) is 0 Å². The standard InChI is InChI=1S/C33H48N2/c1-4-6-7-8-9-10-11-12-13-20-25-31(32-34-26-27-35(32)5-2)33(3,30-23-18-15-19-24-30)28-29-21-16-14-17-22-29/h14-19,21-24,26-27,31H,4-13,20,25,28H2,1-3H3. The summed E-state index contributed by atoms with van der Waals surface area (Å²) < 4.78 is 2.37. The molecule has 2 aromatic carbocycles. The number of imidazole rings is 1. The summed E-state index contributed by atoms with van der Waals surface area (Å²) in [5.74, 6) is 1.64. The Morgan fingerprint density at radius 1 is 0.743 bits per heavy atom. The molecule has 2 unspecified atom stereocenters. The fraction of sp³-hybridized carbons (Fsp3) is 0.545. The molecule has 0 fully saturated rings. The molecule has 2 heteroatoms. The van der Waals surface area contributed by atoms with Crippen LogP contribution in [0.15, 0.2) is 73.1 Å². The van der Waals surface area contributed by atoms with Crippen LogP contribution in [-0.4, -0.2) is 9.55 Å². The molecule has 0 saturated heterocycles. The zero-order valence-electron chi connectivity index (χ0n) is 22.6. The first kappa shape index (κ1) is 27.2. The molecule has 0 aliphatic heterocycles. The highest BCUT2D eigenvalue weighted by atomic mass is 15.1. The van der Waals surface area contributed by atoms with E-state index in [-0.39, 0.29) is 5.41 Å². The number of nitrogens with zero attached hydrogens (tertiary/aromatic N) is 2. The summed E-state index contributed by atoms with van der Waals surface area (Å²) in [6, 6.07) is 22.2. The Hall–Kier alpha value is -2.35. The molecule has 0 spiro atoms. The first-order chi connectivity index (χ1) is 17.2. The summed E-state index contributed by atoms with van der Waals surface area (Å²) in [4.78, 5) is 4.95. The highest BCUT2D eigenvalue weighted by molar-refractivity contribution is 5.33. The second kappa shape index (κ2) is 14.9. The van der Waals surface area contributed by atoms with Crippen molar-refractivity contribution < 1.29 is 0 Å². The minimum Gasteiger partial charge on any atom is -0.335 e. The third kappa shape index (κ3) is 8.09. The van der Waals surface area contributed by atoms with E-state index in [1.54, 1.807) is 0 Å². The lowest BCUT2D eigenvalue weighted by molar-refractivity contribution is 0.323. The number of benzene rings is 2. The fourth-order valence-corrected chi connectivity index (χ4v) is 5.73. The van der Waals surface area contributed by atoms with Gasteiger partial charge in [0.25, 0.3) is 0 Å². The minimum absolute atomic E-state index is 0.0137. The van der Waals surface area contributed by atoms with E-state index in [0.717, 1.165) is 13.0 Å². The predicted octanol–water partition coefficient (Wildman–Crippen LogP) is 9.50. The zero-order valence-corrected chi connectivity index (χ0v) is 22.6. The van der Waals surface area contributed by atoms with Crippen LogP contribution < -0.4 is 0 Å². The number of rotatable bonds is 17. The Labute approximate surface area is 215 Å². The zero-order chi connectivity index (χ0) is 24.8. The van der Waals surface area contributed by atoms with Gasteiger partial charge >= 0.3 is 0 Å². The molecule has 0 bridgehead atoms. The van der Waals surface area contributed by atoms with Crippen LogP contribution >= 0.6 is 0 Å². The Morgan fingerprint density at radius 2 is 1.31 bits per heavy atom. The maximum absolute atomic E-state index is 4.95. The van der Waals surface area contributed by atoms with Gasteiger partial charge in [0.05, 0.1) is 0 Å². The molecule has 0 N–H and O–H groups in total. The minimum atomic E-state index is -0.0137. The van der Waals surface area contributed by atoms with Crippen LogP contribution in [0.1, 0.15) is 114 Å². The molecule has 0 saturated carbocycles. The van der Waals surface area contributed by atoms with Crippen molar-refractivity contribution in [3.05, 3.63) is 90.0 Å². The molecule has 0 radical (unpaired) electrons. The molecular weight excluding hydrogens is 424 g/mol. The molecule has 3 rings (SSSR count). The number of unbranched alkanes of at least 4 members (excludes halogenated alkanes) is 9. The van der Waals surface area contributed by atoms with Gasteiger partial charge in [0.15, 0.2) is 0 Å². The molecule has 0 aliphatic rings. The van der Waals surface area contributed by atoms with Crippen molar-refractivity contribution >= 4 is 0 Å². The summed E-state index contributed by atoms with van der Waals surface area (Å²) in [5, 5.41) is 0. The quantitative estimate of drug-likeness (QED) is 0.179. The molecular formula is C33H48N2. The van der Waals surface area contributed by atoms with E-state index in [1.807, 2.05) is 6.20 Å². The topological polar surface area (TPSA) is 17.8 Å². The monoisotopic (exact) mass is 472 g/mol. The van der Waals surface area contributed by atoms with Gasteiger partial charge in [-0.15, -0.1) is 0 Å². The first-order valence-electron chi connectivity index (χ1n) is 14.3. The van der Waals surface area contributed by atoms with E-state index >= 15 is 0 Å². The first-order valence-corrected chi connectivity index (χ1v) is 14.3. The van der Waals surface area contributed by atoms with Crippen LogP contribution in [0, 0.1) is 0 Å². The van der Waals surface area contributed by atoms with Gasteiger partial charge in [-0.25, -0.2) is 4.98 Å². The Kier molecular flexibility index (Phi) is 11.6. The van der Waals surface area contributed by atoms with Gasteiger partial charge in [-0.2, -0.15) is 0 Å². The predicted molar refractivity (Wildman–Crippen MR) is 151 cm³/mol. The van der Waals surface area contributed by atoms with E-state index in [4.69, 9.17) is 4.98 Å². The van der Waals surface area contributed by atoms with Gasteiger partial charge in [0, 0.05) is 30.3 Å². The van der Waals surface area contributed by atoms with Crippen LogP contribution in [0.2, 0.25) is 0 Å². The normalized spacial score (nSPS) is 14.0. The Balaban J connectivity index is 1.73. The third-order valence-electron chi connectivity index (χ3n) is 7.86. The van der Waals surface area contributed by atoms with E-state index in [2.05, 4.69) is 92.2 Å². The average Bonchev–Trinajstić information content (AvgIpc) is 3.37. The maximum atomic E-state index is 4.95. The lowest BCUT2D eigenvalue weighted by Gasteiger charge is -2.39. The van der Waals surface area contributed by atoms with E-state index in [1.165, 1.54) is 87.6 Å². The molecule has 1 aromatic heterocycles. The lowest BCUT2D eigenvalue weighted by atomic mass is 9.66. The van der Waals surface area contributed by atoms with Crippen molar-refractivity contribution in [2.45, 2.75) is 116 Å². The van der Waals surface area contributed by atoms with Crippen LogP contribution in [-0.2, 0) is 18.4 Å². The van der Waals surface area contributed by atoms with Crippen molar-refractivity contribution in [1.82, 2.24) is 9.55 Å². The number of hydrogen-bond donors (Lipinski definition) is 0. The number of hydrogen-bond acceptors (Lipinski definition) is 1. The van der Waals surface area contributed by atoms with Crippen molar-refractivity contribution in [2.75, 3.05) is 0 Å². The molecule has 0 aliphatic carbocycles. The molecule has 2 atom stereocenters. The van der Waals surface area contributed by atoms with Crippen molar-refractivity contribution in [1.29, 1.82) is 0 Å². The van der Waals surface area contributed by atoms with E-state index < -0.39 is 0 Å². The SMILES string of the molecule is CCCCCCCCCCCCC(c1nccn1CC)C(C)(Cc1ccccc1)c1ccccc1. The van der Waals surface area contributed by atoms with Crippen molar-refractivity contribution in [3.63, 3.8) is 0 Å². The average molecular weight is 473 g/mol. The van der Waals surface area contributed by atoms with Crippen LogP contribution in [0.5, 0.6) is 0 Å².